The summed E-state index contributed by atoms with van der Waals surface area (Å²) in [4.78, 5) is 26.7. The first-order valence-corrected chi connectivity index (χ1v) is 9.24. The summed E-state index contributed by atoms with van der Waals surface area (Å²) < 4.78 is 5.78. The highest BCUT2D eigenvalue weighted by molar-refractivity contribution is 5.79. The molecule has 0 spiro atoms. The predicted octanol–water partition coefficient (Wildman–Crippen LogP) is 4.85. The Kier molecular flexibility index (Phi) is 9.27. The number of ether oxygens (including phenoxy) is 1. The lowest BCUT2D eigenvalue weighted by atomic mass is 9.99. The third-order valence-electron chi connectivity index (χ3n) is 4.66. The van der Waals surface area contributed by atoms with Crippen LogP contribution in [0.15, 0.2) is 67.8 Å². The molecule has 146 valence electrons. The fourth-order valence-corrected chi connectivity index (χ4v) is 2.76. The maximum atomic E-state index is 12.7. The summed E-state index contributed by atoms with van der Waals surface area (Å²) in [6.45, 7) is 14.9. The molecule has 1 aromatic rings. The van der Waals surface area contributed by atoms with E-state index in [0.717, 1.165) is 11.1 Å². The van der Waals surface area contributed by atoms with Gasteiger partial charge in [-0.3, -0.25) is 9.59 Å². The molecule has 0 unspecified atom stereocenters. The number of nitrogens with zero attached hydrogens (tertiary/aromatic N) is 1. The van der Waals surface area contributed by atoms with Crippen molar-refractivity contribution in [2.24, 2.45) is 5.92 Å². The predicted molar refractivity (Wildman–Crippen MR) is 110 cm³/mol. The monoisotopic (exact) mass is 369 g/mol. The molecule has 4 heteroatoms. The Morgan fingerprint density at radius 2 is 1.78 bits per heavy atom. The Hall–Kier alpha value is -2.62. The van der Waals surface area contributed by atoms with Crippen LogP contribution in [0.2, 0.25) is 0 Å². The van der Waals surface area contributed by atoms with Gasteiger partial charge in [0.25, 0.3) is 0 Å². The Balaban J connectivity index is 2.96. The van der Waals surface area contributed by atoms with Crippen LogP contribution in [0.25, 0.3) is 0 Å². The topological polar surface area (TPSA) is 46.6 Å². The quantitative estimate of drug-likeness (QED) is 0.318. The Labute approximate surface area is 163 Å². The molecule has 4 nitrogen and oxygen atoms in total. The van der Waals surface area contributed by atoms with E-state index in [1.54, 1.807) is 24.1 Å². The lowest BCUT2D eigenvalue weighted by molar-refractivity contribution is -0.156. The van der Waals surface area contributed by atoms with E-state index in [1.165, 1.54) is 0 Å². The molecule has 0 aromatic heterocycles. The molecule has 0 fully saturated rings. The summed E-state index contributed by atoms with van der Waals surface area (Å²) in [5, 5.41) is 0. The average molecular weight is 370 g/mol. The van der Waals surface area contributed by atoms with Gasteiger partial charge in [-0.05, 0) is 25.3 Å². The minimum atomic E-state index is -0.541. The maximum Gasteiger partial charge on any atom is 0.306 e. The number of rotatable bonds is 11. The largest absolute Gasteiger partial charge is 0.455 e. The minimum Gasteiger partial charge on any atom is -0.455 e. The van der Waals surface area contributed by atoms with Crippen molar-refractivity contribution < 1.29 is 14.3 Å². The number of amides is 1. The number of esters is 1. The van der Waals surface area contributed by atoms with Crippen molar-refractivity contribution in [3.63, 3.8) is 0 Å². The molecule has 0 N–H and O–H groups in total. The number of carbonyl (C=O) groups excluding carboxylic acids is 2. The highest BCUT2D eigenvalue weighted by Crippen LogP contribution is 2.26. The Morgan fingerprint density at radius 1 is 1.15 bits per heavy atom. The number of carbonyl (C=O) groups is 2. The van der Waals surface area contributed by atoms with E-state index >= 15 is 0 Å². The van der Waals surface area contributed by atoms with Gasteiger partial charge in [0.15, 0.2) is 0 Å². The zero-order valence-electron chi connectivity index (χ0n) is 16.7. The van der Waals surface area contributed by atoms with E-state index in [1.807, 2.05) is 44.2 Å². The zero-order valence-corrected chi connectivity index (χ0v) is 16.7. The van der Waals surface area contributed by atoms with Gasteiger partial charge in [-0.15, -0.1) is 6.58 Å². The summed E-state index contributed by atoms with van der Waals surface area (Å²) in [5.41, 5.74) is 1.65. The smallest absolute Gasteiger partial charge is 0.306 e. The SMILES string of the molecule is C=CC[C@@H](C)C(=O)N(C)[C@H](C)[C@H](OC(=O)CCC(=C)C=C)c1ccccc1. The van der Waals surface area contributed by atoms with Gasteiger partial charge in [-0.2, -0.15) is 0 Å². The van der Waals surface area contributed by atoms with Gasteiger partial charge < -0.3 is 9.64 Å². The van der Waals surface area contributed by atoms with Gasteiger partial charge in [0.1, 0.15) is 6.10 Å². The first-order chi connectivity index (χ1) is 12.8. The van der Waals surface area contributed by atoms with Gasteiger partial charge in [0, 0.05) is 19.4 Å². The molecule has 0 aliphatic heterocycles. The number of allylic oxidation sites excluding steroid dienone is 3. The normalized spacial score (nSPS) is 13.7. The van der Waals surface area contributed by atoms with Crippen molar-refractivity contribution in [1.82, 2.24) is 4.90 Å². The Morgan fingerprint density at radius 3 is 2.33 bits per heavy atom. The number of benzene rings is 1. The van der Waals surface area contributed by atoms with Crippen molar-refractivity contribution in [2.75, 3.05) is 7.05 Å². The first-order valence-electron chi connectivity index (χ1n) is 9.24. The molecule has 0 aliphatic rings. The molecule has 0 saturated carbocycles. The molecule has 1 amide bonds. The average Bonchev–Trinajstić information content (AvgIpc) is 2.69. The summed E-state index contributed by atoms with van der Waals surface area (Å²) in [6, 6.07) is 9.20. The molecule has 3 atom stereocenters. The summed E-state index contributed by atoms with van der Waals surface area (Å²) in [5.74, 6) is -0.490. The molecule has 0 saturated heterocycles. The number of hydrogen-bond acceptors (Lipinski definition) is 3. The van der Waals surface area contributed by atoms with E-state index in [4.69, 9.17) is 4.74 Å². The second-order valence-electron chi connectivity index (χ2n) is 6.80. The van der Waals surface area contributed by atoms with Gasteiger partial charge >= 0.3 is 5.97 Å². The van der Waals surface area contributed by atoms with Crippen LogP contribution in [-0.2, 0) is 14.3 Å². The molecule has 0 aliphatic carbocycles. The van der Waals surface area contributed by atoms with Crippen molar-refractivity contribution in [1.29, 1.82) is 0 Å². The van der Waals surface area contributed by atoms with Crippen molar-refractivity contribution in [3.8, 4) is 0 Å². The summed E-state index contributed by atoms with van der Waals surface area (Å²) in [7, 11) is 1.75. The van der Waals surface area contributed by atoms with Crippen LogP contribution in [0.1, 0.15) is 44.8 Å². The minimum absolute atomic E-state index is 0.000541. The van der Waals surface area contributed by atoms with Crippen LogP contribution >= 0.6 is 0 Å². The highest BCUT2D eigenvalue weighted by atomic mass is 16.5. The molecule has 0 bridgehead atoms. The third-order valence-corrected chi connectivity index (χ3v) is 4.66. The highest BCUT2D eigenvalue weighted by Gasteiger charge is 2.30. The van der Waals surface area contributed by atoms with E-state index in [2.05, 4.69) is 19.7 Å². The molecule has 0 heterocycles. The summed E-state index contributed by atoms with van der Waals surface area (Å²) >= 11 is 0. The van der Waals surface area contributed by atoms with Crippen molar-refractivity contribution in [3.05, 3.63) is 73.4 Å². The van der Waals surface area contributed by atoms with E-state index in [0.29, 0.717) is 12.8 Å². The maximum absolute atomic E-state index is 12.7. The molecule has 27 heavy (non-hydrogen) atoms. The van der Waals surface area contributed by atoms with Crippen LogP contribution in [-0.4, -0.2) is 29.9 Å². The van der Waals surface area contributed by atoms with Crippen LogP contribution in [0.4, 0.5) is 0 Å². The second kappa shape index (κ2) is 11.2. The van der Waals surface area contributed by atoms with Gasteiger partial charge in [-0.25, -0.2) is 0 Å². The van der Waals surface area contributed by atoms with Gasteiger partial charge in [0.05, 0.1) is 6.04 Å². The lowest BCUT2D eigenvalue weighted by Crippen LogP contribution is -2.42. The van der Waals surface area contributed by atoms with Gasteiger partial charge in [-0.1, -0.05) is 68.1 Å². The zero-order chi connectivity index (χ0) is 20.4. The van der Waals surface area contributed by atoms with Crippen LogP contribution in [0, 0.1) is 5.92 Å². The molecular formula is C23H31NO3. The fraction of sp³-hybridized carbons (Fsp3) is 0.391. The van der Waals surface area contributed by atoms with E-state index in [9.17, 15) is 9.59 Å². The van der Waals surface area contributed by atoms with Crippen LogP contribution < -0.4 is 0 Å². The number of likely N-dealkylation sites (N-methyl/N-ethyl adjacent to an activating group) is 1. The van der Waals surface area contributed by atoms with E-state index < -0.39 is 6.10 Å². The van der Waals surface area contributed by atoms with Crippen molar-refractivity contribution in [2.45, 2.75) is 45.3 Å². The number of hydrogen-bond donors (Lipinski definition) is 0. The molecular weight excluding hydrogens is 338 g/mol. The van der Waals surface area contributed by atoms with Crippen LogP contribution in [0.5, 0.6) is 0 Å². The molecule has 0 radical (unpaired) electrons. The molecule has 1 rings (SSSR count). The second-order valence-corrected chi connectivity index (χ2v) is 6.80. The Bertz CT molecular complexity index is 665. The van der Waals surface area contributed by atoms with E-state index in [-0.39, 0.29) is 30.3 Å². The van der Waals surface area contributed by atoms with Crippen LogP contribution in [0.3, 0.4) is 0 Å². The fourth-order valence-electron chi connectivity index (χ4n) is 2.76. The standard InChI is InChI=1S/C23H31NO3/c1-7-12-18(4)23(26)24(6)19(5)22(20-13-10-9-11-14-20)27-21(25)16-15-17(3)8-2/h7-11,13-14,18-19,22H,1-3,12,15-16H2,4-6H3/t18-,19-,22+/m1/s1. The summed E-state index contributed by atoms with van der Waals surface area (Å²) in [6.07, 6.45) is 4.17. The third kappa shape index (κ3) is 6.89. The molecule has 1 aromatic carbocycles. The van der Waals surface area contributed by atoms with Crippen molar-refractivity contribution >= 4 is 11.9 Å². The lowest BCUT2D eigenvalue weighted by Gasteiger charge is -2.33. The van der Waals surface area contributed by atoms with Gasteiger partial charge in [0.2, 0.25) is 5.91 Å². The first kappa shape index (κ1) is 22.4.